The number of amides is 1. The highest BCUT2D eigenvalue weighted by atomic mass is 16.5. The number of nitrogens with one attached hydrogen (secondary N) is 1. The van der Waals surface area contributed by atoms with Crippen LogP contribution in [0.1, 0.15) is 50.3 Å². The van der Waals surface area contributed by atoms with Gasteiger partial charge >= 0.3 is 0 Å². The van der Waals surface area contributed by atoms with Crippen LogP contribution in [0, 0.1) is 0 Å². The minimum absolute atomic E-state index is 0.0947. The van der Waals surface area contributed by atoms with Gasteiger partial charge in [0, 0.05) is 25.7 Å². The normalized spacial score (nSPS) is 21.4. The van der Waals surface area contributed by atoms with Crippen molar-refractivity contribution in [2.45, 2.75) is 51.7 Å². The smallest absolute Gasteiger partial charge is 0.223 e. The van der Waals surface area contributed by atoms with Crippen molar-refractivity contribution in [2.24, 2.45) is 0 Å². The van der Waals surface area contributed by atoms with E-state index in [1.165, 1.54) is 16.7 Å². The van der Waals surface area contributed by atoms with Gasteiger partial charge in [0.25, 0.3) is 0 Å². The Hall–Kier alpha value is -1.65. The minimum atomic E-state index is -0.0947. The molecular formula is C21H30N2O2. The maximum absolute atomic E-state index is 12.5. The summed E-state index contributed by atoms with van der Waals surface area (Å²) in [6.45, 7) is 8.11. The molecule has 2 heterocycles. The number of carbonyl (C=O) groups is 1. The van der Waals surface area contributed by atoms with Crippen LogP contribution in [-0.4, -0.2) is 43.1 Å². The maximum Gasteiger partial charge on any atom is 0.223 e. The second kappa shape index (κ2) is 8.63. The Labute approximate surface area is 151 Å². The molecule has 136 valence electrons. The molecule has 1 amide bonds. The SMILES string of the molecule is CC(C)=CCN1CCC(NC(=O)CC2OCCc3ccccc32)CC1. The molecule has 4 heteroatoms. The Morgan fingerprint density at radius 3 is 2.80 bits per heavy atom. The van der Waals surface area contributed by atoms with E-state index in [-0.39, 0.29) is 12.0 Å². The Bertz CT molecular complexity index is 614. The Morgan fingerprint density at radius 2 is 2.04 bits per heavy atom. The minimum Gasteiger partial charge on any atom is -0.373 e. The van der Waals surface area contributed by atoms with Gasteiger partial charge in [-0.1, -0.05) is 35.9 Å². The number of hydrogen-bond donors (Lipinski definition) is 1. The quantitative estimate of drug-likeness (QED) is 0.835. The zero-order chi connectivity index (χ0) is 17.6. The van der Waals surface area contributed by atoms with E-state index in [4.69, 9.17) is 4.74 Å². The number of nitrogens with zero attached hydrogens (tertiary/aromatic N) is 1. The summed E-state index contributed by atoms with van der Waals surface area (Å²) in [5.74, 6) is 0.115. The van der Waals surface area contributed by atoms with E-state index in [2.05, 4.69) is 48.3 Å². The number of piperidine rings is 1. The summed E-state index contributed by atoms with van der Waals surface area (Å²) in [5, 5.41) is 3.22. The Morgan fingerprint density at radius 1 is 1.28 bits per heavy atom. The molecule has 1 aromatic rings. The summed E-state index contributed by atoms with van der Waals surface area (Å²) >= 11 is 0. The van der Waals surface area contributed by atoms with Crippen molar-refractivity contribution in [2.75, 3.05) is 26.2 Å². The van der Waals surface area contributed by atoms with Crippen LogP contribution < -0.4 is 5.32 Å². The fourth-order valence-electron chi connectivity index (χ4n) is 3.67. The van der Waals surface area contributed by atoms with Gasteiger partial charge in [-0.25, -0.2) is 0 Å². The van der Waals surface area contributed by atoms with E-state index in [9.17, 15) is 4.79 Å². The number of rotatable bonds is 5. The lowest BCUT2D eigenvalue weighted by atomic mass is 9.95. The van der Waals surface area contributed by atoms with Crippen molar-refractivity contribution in [1.29, 1.82) is 0 Å². The third-order valence-electron chi connectivity index (χ3n) is 5.17. The summed E-state index contributed by atoms with van der Waals surface area (Å²) in [6.07, 6.45) is 5.61. The zero-order valence-corrected chi connectivity index (χ0v) is 15.5. The van der Waals surface area contributed by atoms with Crippen LogP contribution in [0.5, 0.6) is 0 Å². The van der Waals surface area contributed by atoms with E-state index in [1.54, 1.807) is 0 Å². The molecular weight excluding hydrogens is 312 g/mol. The molecule has 25 heavy (non-hydrogen) atoms. The first kappa shape index (κ1) is 18.2. The summed E-state index contributed by atoms with van der Waals surface area (Å²) in [7, 11) is 0. The van der Waals surface area contributed by atoms with E-state index >= 15 is 0 Å². The molecule has 0 aliphatic carbocycles. The van der Waals surface area contributed by atoms with Crippen LogP contribution in [0.4, 0.5) is 0 Å². The molecule has 0 radical (unpaired) electrons. The highest BCUT2D eigenvalue weighted by Gasteiger charge is 2.25. The zero-order valence-electron chi connectivity index (χ0n) is 15.5. The van der Waals surface area contributed by atoms with Crippen LogP contribution in [-0.2, 0) is 16.0 Å². The molecule has 0 bridgehead atoms. The predicted molar refractivity (Wildman–Crippen MR) is 100 cm³/mol. The van der Waals surface area contributed by atoms with Crippen molar-refractivity contribution >= 4 is 5.91 Å². The van der Waals surface area contributed by atoms with Gasteiger partial charge in [0.1, 0.15) is 0 Å². The predicted octanol–water partition coefficient (Wildman–Crippen LogP) is 3.24. The van der Waals surface area contributed by atoms with E-state index < -0.39 is 0 Å². The van der Waals surface area contributed by atoms with E-state index in [1.807, 2.05) is 6.07 Å². The molecule has 1 N–H and O–H groups in total. The Balaban J connectivity index is 1.46. The molecule has 1 atom stereocenters. The lowest BCUT2D eigenvalue weighted by Gasteiger charge is -2.32. The topological polar surface area (TPSA) is 41.6 Å². The van der Waals surface area contributed by atoms with Crippen LogP contribution >= 0.6 is 0 Å². The van der Waals surface area contributed by atoms with Gasteiger partial charge in [-0.3, -0.25) is 9.69 Å². The van der Waals surface area contributed by atoms with Gasteiger partial charge in [-0.15, -0.1) is 0 Å². The molecule has 2 aliphatic heterocycles. The third kappa shape index (κ3) is 5.16. The highest BCUT2D eigenvalue weighted by Crippen LogP contribution is 2.29. The van der Waals surface area contributed by atoms with Crippen LogP contribution in [0.2, 0.25) is 0 Å². The molecule has 1 fully saturated rings. The standard InChI is InChI=1S/C21H30N2O2/c1-16(2)7-11-23-12-8-18(9-13-23)22-21(24)15-20-19-6-4-3-5-17(19)10-14-25-20/h3-7,18,20H,8-15H2,1-2H3,(H,22,24). The first-order valence-corrected chi connectivity index (χ1v) is 9.46. The second-order valence-electron chi connectivity index (χ2n) is 7.44. The summed E-state index contributed by atoms with van der Waals surface area (Å²) in [4.78, 5) is 14.9. The van der Waals surface area contributed by atoms with Crippen molar-refractivity contribution in [1.82, 2.24) is 10.2 Å². The summed E-state index contributed by atoms with van der Waals surface area (Å²) < 4.78 is 5.86. The maximum atomic E-state index is 12.5. The van der Waals surface area contributed by atoms with Crippen LogP contribution in [0.15, 0.2) is 35.9 Å². The number of fused-ring (bicyclic) bond motifs is 1. The number of likely N-dealkylation sites (tertiary alicyclic amines) is 1. The number of allylic oxidation sites excluding steroid dienone is 1. The average Bonchev–Trinajstić information content (AvgIpc) is 2.61. The molecule has 1 saturated heterocycles. The molecule has 0 saturated carbocycles. The number of hydrogen-bond acceptors (Lipinski definition) is 3. The van der Waals surface area contributed by atoms with Crippen molar-refractivity contribution in [3.05, 3.63) is 47.0 Å². The first-order valence-electron chi connectivity index (χ1n) is 9.46. The van der Waals surface area contributed by atoms with Crippen LogP contribution in [0.3, 0.4) is 0 Å². The second-order valence-corrected chi connectivity index (χ2v) is 7.44. The summed E-state index contributed by atoms with van der Waals surface area (Å²) in [5.41, 5.74) is 3.86. The van der Waals surface area contributed by atoms with E-state index in [0.717, 1.165) is 38.9 Å². The monoisotopic (exact) mass is 342 g/mol. The number of benzene rings is 1. The molecule has 1 aromatic carbocycles. The molecule has 4 nitrogen and oxygen atoms in total. The largest absolute Gasteiger partial charge is 0.373 e. The van der Waals surface area contributed by atoms with Crippen LogP contribution in [0.25, 0.3) is 0 Å². The molecule has 3 rings (SSSR count). The highest BCUT2D eigenvalue weighted by molar-refractivity contribution is 5.77. The lowest BCUT2D eigenvalue weighted by Crippen LogP contribution is -2.45. The molecule has 0 spiro atoms. The van der Waals surface area contributed by atoms with E-state index in [0.29, 0.717) is 19.1 Å². The van der Waals surface area contributed by atoms with Gasteiger partial charge in [-0.2, -0.15) is 0 Å². The third-order valence-corrected chi connectivity index (χ3v) is 5.17. The fraction of sp³-hybridized carbons (Fsp3) is 0.571. The van der Waals surface area contributed by atoms with Gasteiger partial charge in [0.15, 0.2) is 0 Å². The van der Waals surface area contributed by atoms with Crippen molar-refractivity contribution in [3.63, 3.8) is 0 Å². The van der Waals surface area contributed by atoms with Gasteiger partial charge in [0.2, 0.25) is 5.91 Å². The molecule has 1 unspecified atom stereocenters. The fourth-order valence-corrected chi connectivity index (χ4v) is 3.67. The van der Waals surface area contributed by atoms with Gasteiger partial charge < -0.3 is 10.1 Å². The van der Waals surface area contributed by atoms with Gasteiger partial charge in [0.05, 0.1) is 19.1 Å². The Kier molecular flexibility index (Phi) is 6.27. The molecule has 2 aliphatic rings. The molecule has 0 aromatic heterocycles. The number of ether oxygens (including phenoxy) is 1. The van der Waals surface area contributed by atoms with Crippen molar-refractivity contribution < 1.29 is 9.53 Å². The number of carbonyl (C=O) groups excluding carboxylic acids is 1. The lowest BCUT2D eigenvalue weighted by molar-refractivity contribution is -0.125. The van der Waals surface area contributed by atoms with Gasteiger partial charge in [-0.05, 0) is 44.2 Å². The average molecular weight is 342 g/mol. The van der Waals surface area contributed by atoms with Crippen molar-refractivity contribution in [3.8, 4) is 0 Å². The summed E-state index contributed by atoms with van der Waals surface area (Å²) in [6, 6.07) is 8.62. The first-order chi connectivity index (χ1) is 12.1.